The molecule has 7 nitrogen and oxygen atoms in total. The highest BCUT2D eigenvalue weighted by Crippen LogP contribution is 2.33. The maximum atomic E-state index is 12.3. The van der Waals surface area contributed by atoms with E-state index in [1.54, 1.807) is 31.2 Å². The summed E-state index contributed by atoms with van der Waals surface area (Å²) in [5, 5.41) is 0. The molecular weight excluding hydrogens is 350 g/mol. The Kier molecular flexibility index (Phi) is 6.87. The Labute approximate surface area is 157 Å². The number of carbonyl (C=O) groups excluding carboxylic acids is 4. The Morgan fingerprint density at radius 3 is 2.00 bits per heavy atom. The topological polar surface area (TPSA) is 90.0 Å². The van der Waals surface area contributed by atoms with Gasteiger partial charge in [-0.15, -0.1) is 0 Å². The van der Waals surface area contributed by atoms with Crippen LogP contribution < -0.4 is 0 Å². The van der Waals surface area contributed by atoms with Crippen LogP contribution in [-0.4, -0.2) is 42.9 Å². The van der Waals surface area contributed by atoms with Crippen LogP contribution in [0.15, 0.2) is 42.5 Å². The highest BCUT2D eigenvalue weighted by atomic mass is 16.5. The van der Waals surface area contributed by atoms with Crippen LogP contribution in [0.2, 0.25) is 0 Å². The third-order valence-corrected chi connectivity index (χ3v) is 4.62. The van der Waals surface area contributed by atoms with Crippen LogP contribution in [0, 0.1) is 11.8 Å². The van der Waals surface area contributed by atoms with Crippen molar-refractivity contribution in [2.24, 2.45) is 11.8 Å². The van der Waals surface area contributed by atoms with E-state index in [2.05, 4.69) is 0 Å². The van der Waals surface area contributed by atoms with Gasteiger partial charge in [-0.25, -0.2) is 0 Å². The van der Waals surface area contributed by atoms with Gasteiger partial charge in [-0.3, -0.25) is 24.1 Å². The van der Waals surface area contributed by atoms with E-state index in [1.807, 2.05) is 6.07 Å². The van der Waals surface area contributed by atoms with Crippen LogP contribution in [0.3, 0.4) is 0 Å². The van der Waals surface area contributed by atoms with Crippen molar-refractivity contribution in [2.75, 3.05) is 14.2 Å². The number of nitrogens with zero attached hydrogens (tertiary/aromatic N) is 1. The second-order valence-electron chi connectivity index (χ2n) is 6.42. The molecule has 0 aliphatic carbocycles. The van der Waals surface area contributed by atoms with Crippen molar-refractivity contribution in [3.05, 3.63) is 48.0 Å². The number of methoxy groups -OCH3 is 2. The molecular formula is C20H23NO6. The van der Waals surface area contributed by atoms with E-state index in [0.29, 0.717) is 0 Å². The lowest BCUT2D eigenvalue weighted by Crippen LogP contribution is -2.37. The first-order valence-electron chi connectivity index (χ1n) is 8.64. The SMILES string of the molecule is COC(=O)C(C)CC(CC(c1ccccc1)N1C(=O)C=CC1=O)C(=O)OC. The molecule has 0 radical (unpaired) electrons. The highest BCUT2D eigenvalue weighted by Gasteiger charge is 2.36. The number of rotatable bonds is 8. The van der Waals surface area contributed by atoms with Gasteiger partial charge in [0, 0.05) is 12.2 Å². The van der Waals surface area contributed by atoms with Crippen LogP contribution in [0.25, 0.3) is 0 Å². The molecule has 0 bridgehead atoms. The molecule has 2 amide bonds. The zero-order valence-electron chi connectivity index (χ0n) is 15.6. The molecule has 2 rings (SSSR count). The maximum Gasteiger partial charge on any atom is 0.308 e. The summed E-state index contributed by atoms with van der Waals surface area (Å²) in [4.78, 5) is 49.7. The Morgan fingerprint density at radius 1 is 0.926 bits per heavy atom. The number of amides is 2. The van der Waals surface area contributed by atoms with Crippen LogP contribution in [0.4, 0.5) is 0 Å². The van der Waals surface area contributed by atoms with Gasteiger partial charge in [0.2, 0.25) is 0 Å². The third-order valence-electron chi connectivity index (χ3n) is 4.62. The van der Waals surface area contributed by atoms with Crippen molar-refractivity contribution in [1.29, 1.82) is 0 Å². The smallest absolute Gasteiger partial charge is 0.308 e. The molecule has 0 aromatic heterocycles. The molecule has 3 unspecified atom stereocenters. The van der Waals surface area contributed by atoms with E-state index in [-0.39, 0.29) is 12.8 Å². The molecule has 3 atom stereocenters. The molecule has 1 aliphatic rings. The van der Waals surface area contributed by atoms with Gasteiger partial charge in [-0.2, -0.15) is 0 Å². The van der Waals surface area contributed by atoms with E-state index in [0.717, 1.165) is 10.5 Å². The normalized spacial score (nSPS) is 16.8. The maximum absolute atomic E-state index is 12.3. The van der Waals surface area contributed by atoms with E-state index >= 15 is 0 Å². The molecule has 0 spiro atoms. The molecule has 27 heavy (non-hydrogen) atoms. The molecule has 0 saturated heterocycles. The van der Waals surface area contributed by atoms with Crippen molar-refractivity contribution in [2.45, 2.75) is 25.8 Å². The number of hydrogen-bond donors (Lipinski definition) is 0. The van der Waals surface area contributed by atoms with E-state index in [4.69, 9.17) is 9.47 Å². The molecule has 7 heteroatoms. The molecule has 1 heterocycles. The van der Waals surface area contributed by atoms with Gasteiger partial charge < -0.3 is 9.47 Å². The number of benzene rings is 1. The fourth-order valence-electron chi connectivity index (χ4n) is 3.23. The first kappa shape index (κ1) is 20.4. The predicted molar refractivity (Wildman–Crippen MR) is 96.1 cm³/mol. The van der Waals surface area contributed by atoms with Gasteiger partial charge >= 0.3 is 11.9 Å². The summed E-state index contributed by atoms with van der Waals surface area (Å²) in [6.45, 7) is 1.66. The average Bonchev–Trinajstić information content (AvgIpc) is 3.02. The van der Waals surface area contributed by atoms with E-state index in [9.17, 15) is 19.2 Å². The first-order chi connectivity index (χ1) is 12.9. The van der Waals surface area contributed by atoms with Crippen LogP contribution in [0.1, 0.15) is 31.4 Å². The quantitative estimate of drug-likeness (QED) is 0.512. The molecule has 1 aliphatic heterocycles. The summed E-state index contributed by atoms with van der Waals surface area (Å²) in [6, 6.07) is 8.36. The number of imide groups is 1. The van der Waals surface area contributed by atoms with Crippen molar-refractivity contribution in [1.82, 2.24) is 4.90 Å². The Hall–Kier alpha value is -2.96. The Morgan fingerprint density at radius 2 is 1.48 bits per heavy atom. The summed E-state index contributed by atoms with van der Waals surface area (Å²) in [6.07, 6.45) is 2.76. The number of esters is 2. The van der Waals surface area contributed by atoms with Gasteiger partial charge in [0.1, 0.15) is 0 Å². The molecule has 1 aromatic rings. The van der Waals surface area contributed by atoms with Gasteiger partial charge in [-0.05, 0) is 18.4 Å². The minimum Gasteiger partial charge on any atom is -0.469 e. The van der Waals surface area contributed by atoms with Crippen molar-refractivity contribution in [3.8, 4) is 0 Å². The summed E-state index contributed by atoms with van der Waals surface area (Å²) in [5.41, 5.74) is 0.725. The lowest BCUT2D eigenvalue weighted by molar-refractivity contribution is -0.152. The van der Waals surface area contributed by atoms with Gasteiger partial charge in [-0.1, -0.05) is 37.3 Å². The van der Waals surface area contributed by atoms with Crippen molar-refractivity contribution in [3.63, 3.8) is 0 Å². The highest BCUT2D eigenvalue weighted by molar-refractivity contribution is 6.13. The van der Waals surface area contributed by atoms with Gasteiger partial charge in [0.25, 0.3) is 11.8 Å². The number of hydrogen-bond acceptors (Lipinski definition) is 6. The lowest BCUT2D eigenvalue weighted by atomic mass is 9.87. The summed E-state index contributed by atoms with van der Waals surface area (Å²) >= 11 is 0. The summed E-state index contributed by atoms with van der Waals surface area (Å²) < 4.78 is 9.61. The van der Waals surface area contributed by atoms with Gasteiger partial charge in [0.05, 0.1) is 32.1 Å². The number of ether oxygens (including phenoxy) is 2. The summed E-state index contributed by atoms with van der Waals surface area (Å²) in [7, 11) is 2.55. The zero-order valence-corrected chi connectivity index (χ0v) is 15.6. The Balaban J connectivity index is 2.32. The second-order valence-corrected chi connectivity index (χ2v) is 6.42. The van der Waals surface area contributed by atoms with Crippen LogP contribution >= 0.6 is 0 Å². The monoisotopic (exact) mass is 373 g/mol. The van der Waals surface area contributed by atoms with Crippen molar-refractivity contribution < 1.29 is 28.7 Å². The molecule has 1 aromatic carbocycles. The molecule has 0 fully saturated rings. The van der Waals surface area contributed by atoms with Crippen molar-refractivity contribution >= 4 is 23.8 Å². The molecule has 144 valence electrons. The lowest BCUT2D eigenvalue weighted by Gasteiger charge is -2.30. The molecule has 0 N–H and O–H groups in total. The minimum absolute atomic E-state index is 0.150. The fourth-order valence-corrected chi connectivity index (χ4v) is 3.23. The fraction of sp³-hybridized carbons (Fsp3) is 0.400. The van der Waals surface area contributed by atoms with Crippen LogP contribution in [-0.2, 0) is 28.7 Å². The Bertz CT molecular complexity index is 724. The minimum atomic E-state index is -0.685. The standard InChI is InChI=1S/C20H23NO6/c1-13(19(24)26-2)11-15(20(25)27-3)12-16(14-7-5-4-6-8-14)21-17(22)9-10-18(21)23/h4-10,13,15-16H,11-12H2,1-3H3. The number of carbonyl (C=O) groups is 4. The first-order valence-corrected chi connectivity index (χ1v) is 8.64. The van der Waals surface area contributed by atoms with E-state index < -0.39 is 41.6 Å². The largest absolute Gasteiger partial charge is 0.469 e. The zero-order chi connectivity index (χ0) is 20.0. The average molecular weight is 373 g/mol. The summed E-state index contributed by atoms with van der Waals surface area (Å²) in [5.74, 6) is -3.01. The van der Waals surface area contributed by atoms with E-state index in [1.165, 1.54) is 26.4 Å². The second kappa shape index (κ2) is 9.12. The third kappa shape index (κ3) is 4.81. The molecule has 0 saturated carbocycles. The van der Waals surface area contributed by atoms with Gasteiger partial charge in [0.15, 0.2) is 0 Å². The van der Waals surface area contributed by atoms with Crippen LogP contribution in [0.5, 0.6) is 0 Å². The predicted octanol–water partition coefficient (Wildman–Crippen LogP) is 2.03.